The van der Waals surface area contributed by atoms with Gasteiger partial charge in [-0.05, 0) is 46.0 Å². The van der Waals surface area contributed by atoms with Crippen LogP contribution in [0.4, 0.5) is 0 Å². The highest BCUT2D eigenvalue weighted by Gasteiger charge is 2.22. The Kier molecular flexibility index (Phi) is 5.75. The molecule has 0 spiro atoms. The van der Waals surface area contributed by atoms with Crippen molar-refractivity contribution in [3.63, 3.8) is 0 Å². The quantitative estimate of drug-likeness (QED) is 0.861. The van der Waals surface area contributed by atoms with Crippen molar-refractivity contribution in [3.05, 3.63) is 41.7 Å². The smallest absolute Gasteiger partial charge is 0.222 e. The molecular weight excluding hydrogens is 316 g/mol. The Hall–Kier alpha value is -2.28. The maximum atomic E-state index is 12.1. The summed E-state index contributed by atoms with van der Waals surface area (Å²) in [5.41, 5.74) is 2.89. The van der Waals surface area contributed by atoms with E-state index in [1.165, 1.54) is 0 Å². The van der Waals surface area contributed by atoms with Crippen molar-refractivity contribution in [1.29, 1.82) is 0 Å². The molecule has 0 radical (unpaired) electrons. The Bertz CT molecular complexity index is 705. The van der Waals surface area contributed by atoms with Gasteiger partial charge in [0.15, 0.2) is 0 Å². The van der Waals surface area contributed by atoms with Crippen LogP contribution in [0, 0.1) is 6.92 Å². The van der Waals surface area contributed by atoms with E-state index >= 15 is 0 Å². The van der Waals surface area contributed by atoms with E-state index in [4.69, 9.17) is 0 Å². The highest BCUT2D eigenvalue weighted by Crippen LogP contribution is 2.27. The third kappa shape index (κ3) is 4.85. The van der Waals surface area contributed by atoms with Gasteiger partial charge in [-0.25, -0.2) is 0 Å². The van der Waals surface area contributed by atoms with Crippen LogP contribution in [-0.4, -0.2) is 50.7 Å². The summed E-state index contributed by atoms with van der Waals surface area (Å²) < 4.78 is 1.79. The lowest BCUT2D eigenvalue weighted by atomic mass is 9.92. The summed E-state index contributed by atoms with van der Waals surface area (Å²) in [6, 6.07) is 1.94. The second-order valence-electron chi connectivity index (χ2n) is 6.71. The van der Waals surface area contributed by atoms with Crippen molar-refractivity contribution in [2.24, 2.45) is 0 Å². The normalized spacial score (nSPS) is 16.1. The summed E-state index contributed by atoms with van der Waals surface area (Å²) in [6.07, 6.45) is 7.93. The second-order valence-corrected chi connectivity index (χ2v) is 6.71. The summed E-state index contributed by atoms with van der Waals surface area (Å²) in [4.78, 5) is 23.5. The molecule has 3 rings (SSSR count). The number of carbonyl (C=O) groups is 1. The fourth-order valence-electron chi connectivity index (χ4n) is 3.21. The first-order valence-electron chi connectivity index (χ1n) is 8.87. The number of aromatic nitrogens is 4. The van der Waals surface area contributed by atoms with Crippen molar-refractivity contribution in [2.45, 2.75) is 45.2 Å². The van der Waals surface area contributed by atoms with Crippen LogP contribution in [0.5, 0.6) is 0 Å². The zero-order chi connectivity index (χ0) is 17.6. The first-order chi connectivity index (χ1) is 12.1. The molecule has 1 aliphatic heterocycles. The van der Waals surface area contributed by atoms with Gasteiger partial charge in [-0.3, -0.25) is 19.4 Å². The van der Waals surface area contributed by atoms with Gasteiger partial charge in [0, 0.05) is 37.5 Å². The zero-order valence-electron chi connectivity index (χ0n) is 15.0. The van der Waals surface area contributed by atoms with E-state index in [1.54, 1.807) is 17.1 Å². The Labute approximate surface area is 148 Å². The zero-order valence-corrected chi connectivity index (χ0v) is 15.0. The summed E-state index contributed by atoms with van der Waals surface area (Å²) in [7, 11) is 2.15. The molecule has 7 heteroatoms. The molecule has 3 heterocycles. The van der Waals surface area contributed by atoms with E-state index in [-0.39, 0.29) is 5.91 Å². The van der Waals surface area contributed by atoms with Crippen LogP contribution in [0.15, 0.2) is 24.7 Å². The molecule has 0 aliphatic carbocycles. The monoisotopic (exact) mass is 342 g/mol. The summed E-state index contributed by atoms with van der Waals surface area (Å²) >= 11 is 0. The van der Waals surface area contributed by atoms with Gasteiger partial charge in [0.05, 0.1) is 23.6 Å². The number of amides is 1. The molecule has 1 N–H and O–H groups in total. The fraction of sp³-hybridized carbons (Fsp3) is 0.556. The van der Waals surface area contributed by atoms with Crippen LogP contribution in [0.1, 0.15) is 42.3 Å². The van der Waals surface area contributed by atoms with E-state index < -0.39 is 0 Å². The predicted octanol–water partition coefficient (Wildman–Crippen LogP) is 1.50. The van der Waals surface area contributed by atoms with Gasteiger partial charge in [-0.15, -0.1) is 0 Å². The maximum absolute atomic E-state index is 12.1. The third-order valence-electron chi connectivity index (χ3n) is 4.71. The first-order valence-corrected chi connectivity index (χ1v) is 8.87. The number of hydrogen-bond donors (Lipinski definition) is 1. The van der Waals surface area contributed by atoms with Crippen LogP contribution in [-0.2, 0) is 17.9 Å². The molecule has 0 atom stereocenters. The van der Waals surface area contributed by atoms with E-state index in [1.807, 2.05) is 19.2 Å². The van der Waals surface area contributed by atoms with Gasteiger partial charge in [0.25, 0.3) is 0 Å². The number of aryl methyl sites for hydroxylation is 2. The Morgan fingerprint density at radius 3 is 2.76 bits per heavy atom. The van der Waals surface area contributed by atoms with Crippen molar-refractivity contribution in [3.8, 4) is 0 Å². The average molecular weight is 342 g/mol. The molecular formula is C18H26N6O. The Morgan fingerprint density at radius 2 is 2.04 bits per heavy atom. The molecule has 1 aliphatic rings. The minimum Gasteiger partial charge on any atom is -0.350 e. The topological polar surface area (TPSA) is 75.9 Å². The van der Waals surface area contributed by atoms with Gasteiger partial charge in [0.1, 0.15) is 0 Å². The van der Waals surface area contributed by atoms with Gasteiger partial charge < -0.3 is 10.2 Å². The number of carbonyl (C=O) groups excluding carboxylic acids is 1. The van der Waals surface area contributed by atoms with Crippen LogP contribution in [0.2, 0.25) is 0 Å². The lowest BCUT2D eigenvalue weighted by molar-refractivity contribution is -0.121. The molecule has 1 saturated heterocycles. The summed E-state index contributed by atoms with van der Waals surface area (Å²) in [6.45, 7) is 5.12. The number of nitrogens with one attached hydrogen (secondary N) is 1. The molecule has 0 saturated carbocycles. The largest absolute Gasteiger partial charge is 0.350 e. The number of nitrogens with zero attached hydrogens (tertiary/aromatic N) is 5. The van der Waals surface area contributed by atoms with Crippen LogP contribution in [0.3, 0.4) is 0 Å². The number of likely N-dealkylation sites (tertiary alicyclic amines) is 1. The van der Waals surface area contributed by atoms with E-state index in [0.717, 1.165) is 43.0 Å². The lowest BCUT2D eigenvalue weighted by Gasteiger charge is -2.29. The molecule has 0 aromatic carbocycles. The highest BCUT2D eigenvalue weighted by atomic mass is 16.1. The predicted molar refractivity (Wildman–Crippen MR) is 94.9 cm³/mol. The standard InChI is InChI=1S/C18H26N6O/c1-14-3-11-24(22-14)12-6-17(25)21-13-16-18(20-8-7-19-16)15-4-9-23(2)10-5-15/h3,7-8,11,15H,4-6,9-10,12-13H2,1-2H3,(H,21,25). The second kappa shape index (κ2) is 8.20. The van der Waals surface area contributed by atoms with Gasteiger partial charge in [0.2, 0.25) is 5.91 Å². The van der Waals surface area contributed by atoms with Gasteiger partial charge >= 0.3 is 0 Å². The Balaban J connectivity index is 1.53. The number of rotatable bonds is 6. The van der Waals surface area contributed by atoms with Crippen LogP contribution in [0.25, 0.3) is 0 Å². The number of hydrogen-bond acceptors (Lipinski definition) is 5. The molecule has 0 unspecified atom stereocenters. The third-order valence-corrected chi connectivity index (χ3v) is 4.71. The lowest BCUT2D eigenvalue weighted by Crippen LogP contribution is -2.31. The minimum atomic E-state index is 0.00753. The molecule has 2 aromatic heterocycles. The molecule has 1 fully saturated rings. The average Bonchev–Trinajstić information content (AvgIpc) is 3.04. The molecule has 0 bridgehead atoms. The highest BCUT2D eigenvalue weighted by molar-refractivity contribution is 5.75. The summed E-state index contributed by atoms with van der Waals surface area (Å²) in [5.74, 6) is 0.442. The summed E-state index contributed by atoms with van der Waals surface area (Å²) in [5, 5.41) is 7.26. The molecule has 134 valence electrons. The molecule has 2 aromatic rings. The van der Waals surface area contributed by atoms with Crippen molar-refractivity contribution < 1.29 is 4.79 Å². The van der Waals surface area contributed by atoms with Gasteiger partial charge in [-0.2, -0.15) is 5.10 Å². The van der Waals surface area contributed by atoms with E-state index in [2.05, 4.69) is 32.3 Å². The minimum absolute atomic E-state index is 0.00753. The van der Waals surface area contributed by atoms with Crippen molar-refractivity contribution >= 4 is 5.91 Å². The maximum Gasteiger partial charge on any atom is 0.222 e. The molecule has 25 heavy (non-hydrogen) atoms. The molecule has 1 amide bonds. The van der Waals surface area contributed by atoms with Crippen LogP contribution >= 0.6 is 0 Å². The van der Waals surface area contributed by atoms with E-state index in [9.17, 15) is 4.79 Å². The SMILES string of the molecule is Cc1ccn(CCC(=O)NCc2nccnc2C2CCN(C)CC2)n1. The Morgan fingerprint density at radius 1 is 1.28 bits per heavy atom. The molecule has 7 nitrogen and oxygen atoms in total. The van der Waals surface area contributed by atoms with Crippen molar-refractivity contribution in [1.82, 2.24) is 30.0 Å². The van der Waals surface area contributed by atoms with E-state index in [0.29, 0.717) is 25.4 Å². The number of piperidine rings is 1. The first kappa shape index (κ1) is 17.5. The van der Waals surface area contributed by atoms with Gasteiger partial charge in [-0.1, -0.05) is 0 Å². The van der Waals surface area contributed by atoms with Crippen molar-refractivity contribution in [2.75, 3.05) is 20.1 Å². The van der Waals surface area contributed by atoms with Crippen LogP contribution < -0.4 is 5.32 Å². The fourth-order valence-corrected chi connectivity index (χ4v) is 3.21.